The molecular formula is C33H44N4O6. The van der Waals surface area contributed by atoms with E-state index >= 15 is 0 Å². The monoisotopic (exact) mass is 592 g/mol. The molecule has 2 N–H and O–H groups in total. The maximum atomic E-state index is 12.6. The summed E-state index contributed by atoms with van der Waals surface area (Å²) in [4.78, 5) is 39.5. The highest BCUT2D eigenvalue weighted by Gasteiger charge is 2.28. The Kier molecular flexibility index (Phi) is 12.4. The molecule has 1 aliphatic heterocycles. The lowest BCUT2D eigenvalue weighted by Crippen LogP contribution is -2.47. The zero-order chi connectivity index (χ0) is 31.4. The van der Waals surface area contributed by atoms with E-state index in [2.05, 4.69) is 33.7 Å². The van der Waals surface area contributed by atoms with Gasteiger partial charge in [0.2, 0.25) is 0 Å². The second-order valence-electron chi connectivity index (χ2n) is 11.9. The van der Waals surface area contributed by atoms with Gasteiger partial charge in [-0.05, 0) is 86.6 Å². The molecule has 10 nitrogen and oxygen atoms in total. The van der Waals surface area contributed by atoms with Gasteiger partial charge in [-0.3, -0.25) is 4.79 Å². The number of benzene rings is 2. The van der Waals surface area contributed by atoms with Gasteiger partial charge in [0, 0.05) is 25.3 Å². The SMILES string of the molecule is CC(C)[C@H](NC(=O)OC(C)(C)C)C(=O)OCCOCCNC(=O)/C(C#N)=C/c1ccc2cc(N3CCCCC3)ccc2c1. The van der Waals surface area contributed by atoms with Crippen LogP contribution in [0.1, 0.15) is 59.4 Å². The van der Waals surface area contributed by atoms with Gasteiger partial charge < -0.3 is 29.7 Å². The van der Waals surface area contributed by atoms with Crippen LogP contribution in [-0.4, -0.2) is 69.1 Å². The molecule has 232 valence electrons. The molecule has 0 spiro atoms. The molecule has 1 fully saturated rings. The number of hydrogen-bond donors (Lipinski definition) is 2. The van der Waals surface area contributed by atoms with Crippen molar-refractivity contribution < 1.29 is 28.6 Å². The number of carbonyl (C=O) groups excluding carboxylic acids is 3. The van der Waals surface area contributed by atoms with E-state index in [0.717, 1.165) is 29.4 Å². The minimum Gasteiger partial charge on any atom is -0.462 e. The largest absolute Gasteiger partial charge is 0.462 e. The third-order valence-corrected chi connectivity index (χ3v) is 6.84. The number of piperidine rings is 1. The molecule has 0 aromatic heterocycles. The van der Waals surface area contributed by atoms with E-state index in [0.29, 0.717) is 0 Å². The molecule has 2 amide bonds. The average molecular weight is 593 g/mol. The zero-order valence-corrected chi connectivity index (χ0v) is 25.9. The standard InChI is InChI=1S/C33H44N4O6/c1-23(2)29(36-32(40)43-33(3,4)5)31(39)42-18-17-41-16-13-35-30(38)27(22-34)20-24-9-10-26-21-28(12-11-25(26)19-24)37-14-7-6-8-15-37/h9-12,19-21,23,29H,6-8,13-18H2,1-5H3,(H,35,38)(H,36,40)/b27-20+/t29-/m0/s1. The van der Waals surface area contributed by atoms with Crippen LogP contribution < -0.4 is 15.5 Å². The minimum atomic E-state index is -0.857. The number of rotatable bonds is 12. The molecule has 1 heterocycles. The van der Waals surface area contributed by atoms with Gasteiger partial charge in [0.1, 0.15) is 29.9 Å². The highest BCUT2D eigenvalue weighted by molar-refractivity contribution is 6.02. The van der Waals surface area contributed by atoms with Crippen molar-refractivity contribution in [2.45, 2.75) is 65.5 Å². The first-order valence-electron chi connectivity index (χ1n) is 14.9. The number of amides is 2. The second kappa shape index (κ2) is 15.9. The van der Waals surface area contributed by atoms with E-state index < -0.39 is 29.6 Å². The number of esters is 1. The smallest absolute Gasteiger partial charge is 0.408 e. The molecule has 1 saturated heterocycles. The van der Waals surface area contributed by atoms with Crippen molar-refractivity contribution in [3.8, 4) is 6.07 Å². The molecule has 2 aromatic carbocycles. The highest BCUT2D eigenvalue weighted by atomic mass is 16.6. The van der Waals surface area contributed by atoms with Crippen molar-refractivity contribution >= 4 is 40.5 Å². The summed E-state index contributed by atoms with van der Waals surface area (Å²) in [5, 5.41) is 17.0. The lowest BCUT2D eigenvalue weighted by Gasteiger charge is -2.29. The van der Waals surface area contributed by atoms with Crippen molar-refractivity contribution in [2.24, 2.45) is 5.92 Å². The number of nitrogens with zero attached hydrogens (tertiary/aromatic N) is 2. The molecule has 3 rings (SSSR count). The van der Waals surface area contributed by atoms with Crippen LogP contribution in [0.2, 0.25) is 0 Å². The van der Waals surface area contributed by atoms with Crippen LogP contribution in [0.15, 0.2) is 42.0 Å². The summed E-state index contributed by atoms with van der Waals surface area (Å²) in [6, 6.07) is 13.4. The second-order valence-corrected chi connectivity index (χ2v) is 11.9. The van der Waals surface area contributed by atoms with Gasteiger partial charge in [-0.25, -0.2) is 9.59 Å². The van der Waals surface area contributed by atoms with Crippen molar-refractivity contribution in [2.75, 3.05) is 44.4 Å². The summed E-state index contributed by atoms with van der Waals surface area (Å²) < 4.78 is 15.9. The predicted molar refractivity (Wildman–Crippen MR) is 166 cm³/mol. The van der Waals surface area contributed by atoms with Gasteiger partial charge in [-0.1, -0.05) is 32.0 Å². The average Bonchev–Trinajstić information content (AvgIpc) is 2.97. The van der Waals surface area contributed by atoms with Gasteiger partial charge >= 0.3 is 12.1 Å². The van der Waals surface area contributed by atoms with Crippen molar-refractivity contribution in [1.29, 1.82) is 5.26 Å². The Balaban J connectivity index is 1.41. The molecular weight excluding hydrogens is 548 g/mol. The fourth-order valence-electron chi connectivity index (χ4n) is 4.66. The van der Waals surface area contributed by atoms with Crippen LogP contribution in [0.25, 0.3) is 16.8 Å². The van der Waals surface area contributed by atoms with Crippen molar-refractivity contribution in [1.82, 2.24) is 10.6 Å². The Morgan fingerprint density at radius 3 is 2.37 bits per heavy atom. The first-order valence-corrected chi connectivity index (χ1v) is 14.9. The van der Waals surface area contributed by atoms with E-state index in [1.165, 1.54) is 24.9 Å². The Morgan fingerprint density at radius 1 is 1.00 bits per heavy atom. The van der Waals surface area contributed by atoms with Gasteiger partial charge in [0.15, 0.2) is 0 Å². The topological polar surface area (TPSA) is 130 Å². The number of ether oxygens (including phenoxy) is 3. The molecule has 1 aliphatic rings. The fraction of sp³-hybridized carbons (Fsp3) is 0.515. The predicted octanol–water partition coefficient (Wildman–Crippen LogP) is 4.96. The minimum absolute atomic E-state index is 0.00423. The maximum Gasteiger partial charge on any atom is 0.408 e. The number of nitriles is 1. The molecule has 2 aromatic rings. The summed E-state index contributed by atoms with van der Waals surface area (Å²) in [5.74, 6) is -1.28. The summed E-state index contributed by atoms with van der Waals surface area (Å²) in [7, 11) is 0. The molecule has 0 bridgehead atoms. The van der Waals surface area contributed by atoms with Crippen LogP contribution in [0.3, 0.4) is 0 Å². The first-order chi connectivity index (χ1) is 20.5. The quantitative estimate of drug-likeness (QED) is 0.153. The van der Waals surface area contributed by atoms with Crippen molar-refractivity contribution in [3.05, 3.63) is 47.5 Å². The van der Waals surface area contributed by atoms with Crippen LogP contribution in [-0.2, 0) is 23.8 Å². The van der Waals surface area contributed by atoms with E-state index in [1.807, 2.05) is 24.3 Å². The van der Waals surface area contributed by atoms with E-state index in [4.69, 9.17) is 14.2 Å². The molecule has 0 radical (unpaired) electrons. The van der Waals surface area contributed by atoms with Gasteiger partial charge in [-0.2, -0.15) is 5.26 Å². The number of hydrogen-bond acceptors (Lipinski definition) is 8. The summed E-state index contributed by atoms with van der Waals surface area (Å²) in [6.45, 7) is 11.4. The molecule has 0 unspecified atom stereocenters. The van der Waals surface area contributed by atoms with Crippen LogP contribution in [0.4, 0.5) is 10.5 Å². The van der Waals surface area contributed by atoms with Gasteiger partial charge in [-0.15, -0.1) is 0 Å². The van der Waals surface area contributed by atoms with Crippen molar-refractivity contribution in [3.63, 3.8) is 0 Å². The Morgan fingerprint density at radius 2 is 1.70 bits per heavy atom. The van der Waals surface area contributed by atoms with Gasteiger partial charge in [0.25, 0.3) is 5.91 Å². The fourth-order valence-corrected chi connectivity index (χ4v) is 4.66. The number of fused-ring (bicyclic) bond motifs is 1. The third-order valence-electron chi connectivity index (χ3n) is 6.84. The first kappa shape index (κ1) is 33.4. The number of anilines is 1. The Labute approximate surface area is 254 Å². The Hall–Kier alpha value is -4.10. The van der Waals surface area contributed by atoms with Gasteiger partial charge in [0.05, 0.1) is 13.2 Å². The number of alkyl carbamates (subject to hydrolysis) is 1. The van der Waals surface area contributed by atoms with Crippen LogP contribution in [0, 0.1) is 17.2 Å². The third kappa shape index (κ3) is 10.9. The number of carbonyl (C=O) groups is 3. The van der Waals surface area contributed by atoms with E-state index in [-0.39, 0.29) is 37.9 Å². The Bertz CT molecular complexity index is 1340. The van der Waals surface area contributed by atoms with E-state index in [1.54, 1.807) is 40.7 Å². The number of nitrogens with one attached hydrogen (secondary N) is 2. The molecule has 1 atom stereocenters. The lowest BCUT2D eigenvalue weighted by molar-refractivity contribution is -0.148. The molecule has 43 heavy (non-hydrogen) atoms. The van der Waals surface area contributed by atoms with E-state index in [9.17, 15) is 19.6 Å². The normalized spacial score (nSPS) is 14.6. The lowest BCUT2D eigenvalue weighted by atomic mass is 10.0. The molecule has 0 saturated carbocycles. The maximum absolute atomic E-state index is 12.6. The zero-order valence-electron chi connectivity index (χ0n) is 25.9. The van der Waals surface area contributed by atoms with Crippen LogP contribution >= 0.6 is 0 Å². The summed E-state index contributed by atoms with van der Waals surface area (Å²) in [6.07, 6.45) is 4.61. The molecule has 10 heteroatoms. The summed E-state index contributed by atoms with van der Waals surface area (Å²) in [5.41, 5.74) is 1.30. The highest BCUT2D eigenvalue weighted by Crippen LogP contribution is 2.26. The summed E-state index contributed by atoms with van der Waals surface area (Å²) >= 11 is 0. The van der Waals surface area contributed by atoms with Crippen LogP contribution in [0.5, 0.6) is 0 Å². The molecule has 0 aliphatic carbocycles.